The Bertz CT molecular complexity index is 288. The Balaban J connectivity index is 0.00000112. The van der Waals surface area contributed by atoms with Crippen LogP contribution in [0, 0.1) is 0 Å². The smallest absolute Gasteiger partial charge is 0.233 e. The van der Waals surface area contributed by atoms with Crippen LogP contribution < -0.4 is 10.1 Å². The van der Waals surface area contributed by atoms with Gasteiger partial charge in [-0.1, -0.05) is 11.6 Å². The van der Waals surface area contributed by atoms with Crippen LogP contribution in [0.15, 0.2) is 12.1 Å². The summed E-state index contributed by atoms with van der Waals surface area (Å²) in [6.45, 7) is 1.73. The Morgan fingerprint density at radius 3 is 2.93 bits per heavy atom. The van der Waals surface area contributed by atoms with Crippen LogP contribution in [0.1, 0.15) is 12.8 Å². The summed E-state index contributed by atoms with van der Waals surface area (Å²) in [6, 6.07) is 3.85. The molecular weight excluding hydrogens is 237 g/mol. The Hall–Kier alpha value is -0.580. The predicted octanol–water partition coefficient (Wildman–Crippen LogP) is 1.68. The van der Waals surface area contributed by atoms with Crippen LogP contribution in [0.4, 0.5) is 0 Å². The van der Waals surface area contributed by atoms with Crippen molar-refractivity contribution in [2.45, 2.75) is 18.9 Å². The van der Waals surface area contributed by atoms with Gasteiger partial charge < -0.3 is 10.1 Å². The molecule has 1 aliphatic heterocycles. The molecule has 1 N–H and O–H groups in total. The number of nitrogens with one attached hydrogen (secondary N) is 1. The molecule has 2 rings (SSSR count). The summed E-state index contributed by atoms with van der Waals surface area (Å²) in [5.41, 5.74) is 0. The van der Waals surface area contributed by atoms with E-state index in [0.717, 1.165) is 6.54 Å². The van der Waals surface area contributed by atoms with Crippen molar-refractivity contribution in [3.05, 3.63) is 17.3 Å². The van der Waals surface area contributed by atoms with Crippen LogP contribution in [0.25, 0.3) is 0 Å². The van der Waals surface area contributed by atoms with Crippen LogP contribution in [0.3, 0.4) is 0 Å². The lowest BCUT2D eigenvalue weighted by atomic mass is 10.2. The van der Waals surface area contributed by atoms with Crippen molar-refractivity contribution >= 4 is 24.0 Å². The van der Waals surface area contributed by atoms with Crippen molar-refractivity contribution in [1.82, 2.24) is 15.5 Å². The van der Waals surface area contributed by atoms with Crippen molar-refractivity contribution in [2.75, 3.05) is 13.2 Å². The number of hydrogen-bond acceptors (Lipinski definition) is 4. The van der Waals surface area contributed by atoms with Crippen LogP contribution in [-0.4, -0.2) is 29.4 Å². The number of rotatable bonds is 3. The molecule has 0 aromatic carbocycles. The van der Waals surface area contributed by atoms with Gasteiger partial charge in [0, 0.05) is 12.1 Å². The van der Waals surface area contributed by atoms with Crippen molar-refractivity contribution in [3.8, 4) is 5.88 Å². The maximum Gasteiger partial charge on any atom is 0.233 e. The fraction of sp³-hybridized carbons (Fsp3) is 0.556. The van der Waals surface area contributed by atoms with Crippen molar-refractivity contribution in [2.24, 2.45) is 0 Å². The molecule has 1 aromatic rings. The molecule has 6 heteroatoms. The van der Waals surface area contributed by atoms with Gasteiger partial charge in [0.25, 0.3) is 0 Å². The lowest BCUT2D eigenvalue weighted by molar-refractivity contribution is 0.265. The van der Waals surface area contributed by atoms with E-state index in [-0.39, 0.29) is 12.4 Å². The topological polar surface area (TPSA) is 47.0 Å². The first kappa shape index (κ1) is 12.5. The summed E-state index contributed by atoms with van der Waals surface area (Å²) in [5.74, 6) is 0.531. The van der Waals surface area contributed by atoms with Gasteiger partial charge in [-0.2, -0.15) is 0 Å². The molecule has 2 heterocycles. The fourth-order valence-electron chi connectivity index (χ4n) is 1.47. The zero-order chi connectivity index (χ0) is 9.80. The maximum atomic E-state index is 5.60. The molecule has 15 heavy (non-hydrogen) atoms. The average molecular weight is 250 g/mol. The minimum absolute atomic E-state index is 0. The van der Waals surface area contributed by atoms with E-state index in [1.165, 1.54) is 12.8 Å². The Morgan fingerprint density at radius 1 is 1.47 bits per heavy atom. The number of ether oxygens (including phenoxy) is 1. The first-order valence-corrected chi connectivity index (χ1v) is 5.08. The molecule has 0 amide bonds. The second-order valence-electron chi connectivity index (χ2n) is 3.30. The summed E-state index contributed by atoms with van der Waals surface area (Å²) >= 11 is 5.60. The zero-order valence-electron chi connectivity index (χ0n) is 8.15. The highest BCUT2D eigenvalue weighted by Crippen LogP contribution is 2.10. The van der Waals surface area contributed by atoms with Gasteiger partial charge in [0.15, 0.2) is 5.15 Å². The zero-order valence-corrected chi connectivity index (χ0v) is 9.72. The van der Waals surface area contributed by atoms with Crippen molar-refractivity contribution in [1.29, 1.82) is 0 Å². The van der Waals surface area contributed by atoms with E-state index >= 15 is 0 Å². The average Bonchev–Trinajstić information content (AvgIpc) is 2.70. The number of hydrogen-bond donors (Lipinski definition) is 1. The summed E-state index contributed by atoms with van der Waals surface area (Å²) in [4.78, 5) is 0. The molecule has 0 aliphatic carbocycles. The quantitative estimate of drug-likeness (QED) is 0.886. The van der Waals surface area contributed by atoms with Gasteiger partial charge in [-0.05, 0) is 25.5 Å². The Labute approximate surface area is 99.8 Å². The highest BCUT2D eigenvalue weighted by atomic mass is 35.5. The lowest BCUT2D eigenvalue weighted by Crippen LogP contribution is -2.28. The molecule has 0 spiro atoms. The second-order valence-corrected chi connectivity index (χ2v) is 3.69. The van der Waals surface area contributed by atoms with Crippen LogP contribution in [0.2, 0.25) is 5.15 Å². The molecular formula is C9H13Cl2N3O. The van der Waals surface area contributed by atoms with E-state index in [4.69, 9.17) is 16.3 Å². The molecule has 1 unspecified atom stereocenters. The van der Waals surface area contributed by atoms with E-state index in [9.17, 15) is 0 Å². The molecule has 1 aliphatic rings. The molecule has 84 valence electrons. The minimum Gasteiger partial charge on any atom is -0.475 e. The van der Waals surface area contributed by atoms with Gasteiger partial charge in [-0.15, -0.1) is 22.6 Å². The van der Waals surface area contributed by atoms with E-state index in [0.29, 0.717) is 23.7 Å². The van der Waals surface area contributed by atoms with Gasteiger partial charge in [0.05, 0.1) is 0 Å². The summed E-state index contributed by atoms with van der Waals surface area (Å²) in [7, 11) is 0. The number of nitrogens with zero attached hydrogens (tertiary/aromatic N) is 2. The van der Waals surface area contributed by atoms with E-state index in [2.05, 4.69) is 15.5 Å². The van der Waals surface area contributed by atoms with E-state index < -0.39 is 0 Å². The molecule has 1 aromatic heterocycles. The summed E-state index contributed by atoms with van der Waals surface area (Å²) < 4.78 is 5.45. The standard InChI is InChI=1S/C9H12ClN3O.ClH/c10-8-3-4-9(13-12-8)14-6-7-2-1-5-11-7;/h3-4,7,11H,1-2,5-6H2;1H. The summed E-state index contributed by atoms with van der Waals surface area (Å²) in [5, 5.41) is 11.2. The molecule has 0 bridgehead atoms. The Kier molecular flexibility index (Phi) is 5.08. The van der Waals surface area contributed by atoms with Crippen LogP contribution in [-0.2, 0) is 0 Å². The molecule has 1 saturated heterocycles. The molecule has 0 saturated carbocycles. The van der Waals surface area contributed by atoms with Crippen LogP contribution in [0.5, 0.6) is 5.88 Å². The largest absolute Gasteiger partial charge is 0.475 e. The van der Waals surface area contributed by atoms with Crippen LogP contribution >= 0.6 is 24.0 Å². The van der Waals surface area contributed by atoms with Gasteiger partial charge in [0.2, 0.25) is 5.88 Å². The number of aromatic nitrogens is 2. The van der Waals surface area contributed by atoms with Gasteiger partial charge in [-0.25, -0.2) is 0 Å². The van der Waals surface area contributed by atoms with E-state index in [1.54, 1.807) is 12.1 Å². The molecule has 1 atom stereocenters. The predicted molar refractivity (Wildman–Crippen MR) is 60.8 cm³/mol. The third kappa shape index (κ3) is 3.81. The summed E-state index contributed by atoms with van der Waals surface area (Å²) in [6.07, 6.45) is 2.39. The van der Waals surface area contributed by atoms with E-state index in [1.807, 2.05) is 0 Å². The highest BCUT2D eigenvalue weighted by Gasteiger charge is 2.14. The lowest BCUT2D eigenvalue weighted by Gasteiger charge is -2.10. The van der Waals surface area contributed by atoms with Crippen molar-refractivity contribution < 1.29 is 4.74 Å². The normalized spacial score (nSPS) is 19.7. The van der Waals surface area contributed by atoms with Gasteiger partial charge >= 0.3 is 0 Å². The molecule has 0 radical (unpaired) electrons. The third-order valence-electron chi connectivity index (χ3n) is 2.20. The first-order chi connectivity index (χ1) is 6.84. The first-order valence-electron chi connectivity index (χ1n) is 4.70. The maximum absolute atomic E-state index is 5.60. The molecule has 1 fully saturated rings. The monoisotopic (exact) mass is 249 g/mol. The Morgan fingerprint density at radius 2 is 2.33 bits per heavy atom. The third-order valence-corrected chi connectivity index (χ3v) is 2.40. The van der Waals surface area contributed by atoms with Gasteiger partial charge in [-0.3, -0.25) is 0 Å². The number of halogens is 2. The SMILES string of the molecule is Cl.Clc1ccc(OCC2CCCN2)nn1. The van der Waals surface area contributed by atoms with Gasteiger partial charge in [0.1, 0.15) is 6.61 Å². The van der Waals surface area contributed by atoms with Crippen molar-refractivity contribution in [3.63, 3.8) is 0 Å². The molecule has 4 nitrogen and oxygen atoms in total. The minimum atomic E-state index is 0. The second kappa shape index (κ2) is 6.10. The fourth-order valence-corrected chi connectivity index (χ4v) is 1.57. The highest BCUT2D eigenvalue weighted by molar-refractivity contribution is 6.29.